The number of hydrogen-bond acceptors (Lipinski definition) is 7. The van der Waals surface area contributed by atoms with Gasteiger partial charge in [0.25, 0.3) is 0 Å². The van der Waals surface area contributed by atoms with Gasteiger partial charge in [-0.1, -0.05) is 60.7 Å². The summed E-state index contributed by atoms with van der Waals surface area (Å²) in [5, 5.41) is 36.7. The molecule has 8 rings (SSSR count). The van der Waals surface area contributed by atoms with Crippen LogP contribution in [0.1, 0.15) is 91.3 Å². The first kappa shape index (κ1) is 33.0. The van der Waals surface area contributed by atoms with Crippen LogP contribution in [0.4, 0.5) is 4.79 Å². The number of phenolic OH excluding ortho intramolecular Hbond substituents is 1. The average molecular weight is 656 g/mol. The largest absolute Gasteiger partial charge is 0.508 e. The maximum Gasteiger partial charge on any atom is 0.315 e. The van der Waals surface area contributed by atoms with Gasteiger partial charge in [0.15, 0.2) is 6.29 Å². The molecule has 1 heterocycles. The lowest BCUT2D eigenvalue weighted by Gasteiger charge is -2.56. The van der Waals surface area contributed by atoms with Crippen LogP contribution in [0, 0.1) is 17.8 Å². The Kier molecular flexibility index (Phi) is 9.76. The standard InChI is InChI=1S/C39H49N3O6/c1-42(23-35(45)32-3-2-4-33(44)16-32)22-34-17-36(30-9-7-26(24-43)8-10-30)48-37(47-34)31-11-5-25(6-12-31)21-40-38(46)41-39-18-27-13-28(19-39)15-29(14-27)20-39/h2-12,16,27-29,34-37,43-45H,13-15,17-24H2,1H3,(H2,40,41,46)/t27?,28?,29?,34-,35+,36+,37+,39?/m0/s1. The molecule has 4 bridgehead atoms. The van der Waals surface area contributed by atoms with Gasteiger partial charge in [0.2, 0.25) is 0 Å². The molecule has 5 fully saturated rings. The molecular formula is C39H49N3O6. The van der Waals surface area contributed by atoms with Crippen LogP contribution >= 0.6 is 0 Å². The van der Waals surface area contributed by atoms with Crippen molar-refractivity contribution in [3.8, 4) is 5.75 Å². The van der Waals surface area contributed by atoms with Crippen molar-refractivity contribution in [1.29, 1.82) is 0 Å². The summed E-state index contributed by atoms with van der Waals surface area (Å²) in [5.41, 5.74) is 4.40. The number of hydrogen-bond donors (Lipinski definition) is 5. The minimum absolute atomic E-state index is 0.0134. The van der Waals surface area contributed by atoms with Crippen LogP contribution in [0.25, 0.3) is 0 Å². The Hall–Kier alpha value is -3.47. The fourth-order valence-corrected chi connectivity index (χ4v) is 9.11. The van der Waals surface area contributed by atoms with Crippen LogP contribution in [0.3, 0.4) is 0 Å². The summed E-state index contributed by atoms with van der Waals surface area (Å²) >= 11 is 0. The fraction of sp³-hybridized carbons (Fsp3) is 0.513. The number of benzene rings is 3. The van der Waals surface area contributed by atoms with E-state index in [2.05, 4.69) is 10.6 Å². The predicted octanol–water partition coefficient (Wildman–Crippen LogP) is 5.86. The number of amides is 2. The number of carbonyl (C=O) groups is 1. The average Bonchev–Trinajstić information content (AvgIpc) is 3.06. The minimum atomic E-state index is -0.754. The van der Waals surface area contributed by atoms with Gasteiger partial charge in [-0.15, -0.1) is 0 Å². The number of nitrogens with one attached hydrogen (secondary N) is 2. The summed E-state index contributed by atoms with van der Waals surface area (Å²) in [6.45, 7) is 1.38. The van der Waals surface area contributed by atoms with E-state index in [0.29, 0.717) is 31.6 Å². The highest BCUT2D eigenvalue weighted by atomic mass is 16.7. The molecule has 1 aliphatic heterocycles. The molecule has 5 aliphatic rings. The van der Waals surface area contributed by atoms with Gasteiger partial charge in [0, 0.05) is 37.2 Å². The fourth-order valence-electron chi connectivity index (χ4n) is 9.11. The van der Waals surface area contributed by atoms with E-state index in [1.807, 2.05) is 60.5 Å². The number of aliphatic hydroxyl groups is 2. The van der Waals surface area contributed by atoms with Gasteiger partial charge in [-0.2, -0.15) is 0 Å². The van der Waals surface area contributed by atoms with Crippen LogP contribution in [-0.2, 0) is 22.6 Å². The SMILES string of the molecule is CN(C[C@@H]1C[C@H](c2ccc(CO)cc2)O[C@H](c2ccc(CNC(=O)NC34CC5CC(CC(C5)C3)C4)cc2)O1)C[C@@H](O)c1cccc(O)c1. The molecule has 3 aromatic carbocycles. The van der Waals surface area contributed by atoms with Crippen LogP contribution in [0.5, 0.6) is 5.75 Å². The molecule has 48 heavy (non-hydrogen) atoms. The zero-order chi connectivity index (χ0) is 33.3. The Balaban J connectivity index is 0.981. The number of phenols is 1. The predicted molar refractivity (Wildman–Crippen MR) is 182 cm³/mol. The number of rotatable bonds is 11. The van der Waals surface area contributed by atoms with Crippen molar-refractivity contribution in [2.75, 3.05) is 20.1 Å². The Morgan fingerprint density at radius 2 is 1.54 bits per heavy atom. The van der Waals surface area contributed by atoms with Crippen molar-refractivity contribution in [3.05, 3.63) is 101 Å². The quantitative estimate of drug-likeness (QED) is 0.175. The third kappa shape index (κ3) is 7.71. The summed E-state index contributed by atoms with van der Waals surface area (Å²) in [6, 6.07) is 22.5. The monoisotopic (exact) mass is 655 g/mol. The summed E-state index contributed by atoms with van der Waals surface area (Å²) in [6.07, 6.45) is 6.30. The first-order valence-corrected chi connectivity index (χ1v) is 17.5. The lowest BCUT2D eigenvalue weighted by Crippen LogP contribution is -2.61. The molecule has 5 N–H and O–H groups in total. The number of urea groups is 1. The molecule has 0 unspecified atom stereocenters. The van der Waals surface area contributed by atoms with E-state index in [1.165, 1.54) is 19.3 Å². The molecule has 0 radical (unpaired) electrons. The summed E-state index contributed by atoms with van der Waals surface area (Å²) in [7, 11) is 1.95. The van der Waals surface area contributed by atoms with E-state index in [4.69, 9.17) is 9.47 Å². The molecule has 4 saturated carbocycles. The molecule has 9 nitrogen and oxygen atoms in total. The number of carbonyl (C=O) groups excluding carboxylic acids is 1. The topological polar surface area (TPSA) is 124 Å². The van der Waals surface area contributed by atoms with Crippen LogP contribution in [-0.4, -0.2) is 58.0 Å². The molecule has 3 aromatic rings. The van der Waals surface area contributed by atoms with Crippen molar-refractivity contribution in [2.45, 2.75) is 88.2 Å². The van der Waals surface area contributed by atoms with Gasteiger partial charge >= 0.3 is 6.03 Å². The van der Waals surface area contributed by atoms with E-state index in [0.717, 1.165) is 59.3 Å². The molecule has 1 saturated heterocycles. The minimum Gasteiger partial charge on any atom is -0.508 e. The first-order valence-electron chi connectivity index (χ1n) is 17.5. The molecular weight excluding hydrogens is 606 g/mol. The van der Waals surface area contributed by atoms with Gasteiger partial charge in [-0.25, -0.2) is 4.79 Å². The lowest BCUT2D eigenvalue weighted by molar-refractivity contribution is -0.252. The molecule has 0 aromatic heterocycles. The van der Waals surface area contributed by atoms with E-state index >= 15 is 0 Å². The highest BCUT2D eigenvalue weighted by molar-refractivity contribution is 5.75. The van der Waals surface area contributed by atoms with Gasteiger partial charge in [-0.05, 0) is 97.7 Å². The van der Waals surface area contributed by atoms with Crippen molar-refractivity contribution < 1.29 is 29.6 Å². The summed E-state index contributed by atoms with van der Waals surface area (Å²) in [5.74, 6) is 2.47. The van der Waals surface area contributed by atoms with Crippen LogP contribution in [0.15, 0.2) is 72.8 Å². The second-order valence-electron chi connectivity index (χ2n) is 14.9. The molecule has 4 atom stereocenters. The zero-order valence-corrected chi connectivity index (χ0v) is 27.8. The van der Waals surface area contributed by atoms with Crippen LogP contribution < -0.4 is 10.6 Å². The third-order valence-electron chi connectivity index (χ3n) is 11.0. The normalized spacial score (nSPS) is 29.9. The smallest absolute Gasteiger partial charge is 0.315 e. The van der Waals surface area contributed by atoms with E-state index < -0.39 is 12.4 Å². The zero-order valence-electron chi connectivity index (χ0n) is 27.8. The van der Waals surface area contributed by atoms with E-state index in [1.54, 1.807) is 24.3 Å². The number of aromatic hydroxyl groups is 1. The van der Waals surface area contributed by atoms with Crippen molar-refractivity contribution >= 4 is 6.03 Å². The number of aliphatic hydroxyl groups excluding tert-OH is 2. The first-order chi connectivity index (χ1) is 23.2. The molecule has 9 heteroatoms. The highest BCUT2D eigenvalue weighted by Crippen LogP contribution is 2.55. The lowest BCUT2D eigenvalue weighted by atomic mass is 9.53. The molecule has 0 spiro atoms. The van der Waals surface area contributed by atoms with Crippen molar-refractivity contribution in [1.82, 2.24) is 15.5 Å². The van der Waals surface area contributed by atoms with E-state index in [9.17, 15) is 20.1 Å². The third-order valence-corrected chi connectivity index (χ3v) is 11.0. The van der Waals surface area contributed by atoms with Gasteiger partial charge in [0.05, 0.1) is 24.9 Å². The van der Waals surface area contributed by atoms with Crippen molar-refractivity contribution in [2.24, 2.45) is 17.8 Å². The summed E-state index contributed by atoms with van der Waals surface area (Å²) in [4.78, 5) is 15.0. The Bertz CT molecular complexity index is 1510. The number of nitrogens with zero attached hydrogens (tertiary/aromatic N) is 1. The second-order valence-corrected chi connectivity index (χ2v) is 14.9. The number of likely N-dealkylation sites (N-methyl/N-ethyl adjacent to an activating group) is 1. The molecule has 256 valence electrons. The summed E-state index contributed by atoms with van der Waals surface area (Å²) < 4.78 is 13.0. The molecule has 2 amide bonds. The number of ether oxygens (including phenoxy) is 2. The Labute approximate surface area is 283 Å². The second kappa shape index (κ2) is 14.2. The van der Waals surface area contributed by atoms with Crippen LogP contribution in [0.2, 0.25) is 0 Å². The maximum absolute atomic E-state index is 13.0. The highest BCUT2D eigenvalue weighted by Gasteiger charge is 2.51. The van der Waals surface area contributed by atoms with Crippen molar-refractivity contribution in [3.63, 3.8) is 0 Å². The van der Waals surface area contributed by atoms with Gasteiger partial charge in [-0.3, -0.25) is 0 Å². The maximum atomic E-state index is 13.0. The Morgan fingerprint density at radius 1 is 0.896 bits per heavy atom. The molecule has 4 aliphatic carbocycles. The Morgan fingerprint density at radius 3 is 2.19 bits per heavy atom. The van der Waals surface area contributed by atoms with Gasteiger partial charge < -0.3 is 40.3 Å². The van der Waals surface area contributed by atoms with E-state index in [-0.39, 0.29) is 36.1 Å². The van der Waals surface area contributed by atoms with Gasteiger partial charge in [0.1, 0.15) is 5.75 Å².